The first kappa shape index (κ1) is 9.48. The van der Waals surface area contributed by atoms with E-state index in [1.54, 1.807) is 10.9 Å². The fourth-order valence-corrected chi connectivity index (χ4v) is 2.01. The second-order valence-corrected chi connectivity index (χ2v) is 4.33. The van der Waals surface area contributed by atoms with Crippen LogP contribution in [0.25, 0.3) is 0 Å². The third-order valence-electron chi connectivity index (χ3n) is 1.87. The predicted octanol–water partition coefficient (Wildman–Crippen LogP) is 2.14. The largest absolute Gasteiger partial charge is 0.365 e. The van der Waals surface area contributed by atoms with Gasteiger partial charge in [0.2, 0.25) is 0 Å². The van der Waals surface area contributed by atoms with Crippen LogP contribution in [0.4, 0.5) is 5.82 Å². The van der Waals surface area contributed by atoms with E-state index in [-0.39, 0.29) is 0 Å². The summed E-state index contributed by atoms with van der Waals surface area (Å²) in [6, 6.07) is 2.00. The van der Waals surface area contributed by atoms with Crippen molar-refractivity contribution in [1.29, 1.82) is 0 Å². The number of hydrogen-bond donors (Lipinski definition) is 1. The minimum absolute atomic E-state index is 0.698. The lowest BCUT2D eigenvalue weighted by molar-refractivity contribution is 0.717. The molecule has 0 saturated heterocycles. The quantitative estimate of drug-likeness (QED) is 0.876. The standard InChI is InChI=1S/C8H9ClN4S/c1-13-7(5-11-12-13)10-4-6-2-3-14-8(6)9/h2-3,5,10H,4H2,1H3. The highest BCUT2D eigenvalue weighted by atomic mass is 35.5. The van der Waals surface area contributed by atoms with Gasteiger partial charge in [-0.3, -0.25) is 0 Å². The molecule has 2 rings (SSSR count). The van der Waals surface area contributed by atoms with Gasteiger partial charge in [0, 0.05) is 19.2 Å². The summed E-state index contributed by atoms with van der Waals surface area (Å²) in [4.78, 5) is 0. The van der Waals surface area contributed by atoms with E-state index in [0.717, 1.165) is 15.7 Å². The van der Waals surface area contributed by atoms with Crippen LogP contribution < -0.4 is 5.32 Å². The molecule has 0 bridgehead atoms. The van der Waals surface area contributed by atoms with Crippen LogP contribution in [-0.4, -0.2) is 15.0 Å². The van der Waals surface area contributed by atoms with Gasteiger partial charge < -0.3 is 5.32 Å². The molecule has 2 aromatic heterocycles. The first-order valence-electron chi connectivity index (χ1n) is 4.08. The molecule has 74 valence electrons. The van der Waals surface area contributed by atoms with Crippen LogP contribution in [0.1, 0.15) is 5.56 Å². The first-order valence-corrected chi connectivity index (χ1v) is 5.33. The highest BCUT2D eigenvalue weighted by molar-refractivity contribution is 7.14. The normalized spacial score (nSPS) is 10.4. The Morgan fingerprint density at radius 1 is 1.64 bits per heavy atom. The summed E-state index contributed by atoms with van der Waals surface area (Å²) in [7, 11) is 1.84. The van der Waals surface area contributed by atoms with Gasteiger partial charge in [0.25, 0.3) is 0 Å². The zero-order valence-corrected chi connectivity index (χ0v) is 9.14. The molecule has 0 atom stereocenters. The van der Waals surface area contributed by atoms with E-state index in [1.807, 2.05) is 18.5 Å². The molecule has 0 amide bonds. The van der Waals surface area contributed by atoms with Gasteiger partial charge in [-0.1, -0.05) is 16.8 Å². The first-order chi connectivity index (χ1) is 6.77. The maximum absolute atomic E-state index is 5.96. The Bertz CT molecular complexity index is 382. The molecule has 0 radical (unpaired) electrons. The molecule has 1 N–H and O–H groups in total. The van der Waals surface area contributed by atoms with Crippen molar-refractivity contribution in [1.82, 2.24) is 15.0 Å². The van der Waals surface area contributed by atoms with E-state index in [9.17, 15) is 0 Å². The Hall–Kier alpha value is -1.07. The summed E-state index contributed by atoms with van der Waals surface area (Å²) >= 11 is 7.49. The van der Waals surface area contributed by atoms with Gasteiger partial charge in [-0.25, -0.2) is 4.68 Å². The van der Waals surface area contributed by atoms with Crippen LogP contribution in [0, 0.1) is 0 Å². The third kappa shape index (κ3) is 1.88. The lowest BCUT2D eigenvalue weighted by Gasteiger charge is -2.03. The summed E-state index contributed by atoms with van der Waals surface area (Å²) < 4.78 is 2.51. The second-order valence-electron chi connectivity index (χ2n) is 2.82. The summed E-state index contributed by atoms with van der Waals surface area (Å²) in [5, 5.41) is 12.7. The molecule has 14 heavy (non-hydrogen) atoms. The number of anilines is 1. The van der Waals surface area contributed by atoms with Gasteiger partial charge >= 0.3 is 0 Å². The zero-order chi connectivity index (χ0) is 9.97. The molecular formula is C8H9ClN4S. The molecule has 6 heteroatoms. The van der Waals surface area contributed by atoms with E-state index in [2.05, 4.69) is 15.6 Å². The molecule has 0 aliphatic heterocycles. The number of rotatable bonds is 3. The van der Waals surface area contributed by atoms with E-state index < -0.39 is 0 Å². The highest BCUT2D eigenvalue weighted by Gasteiger charge is 2.02. The SMILES string of the molecule is Cn1nncc1NCc1ccsc1Cl. The molecular weight excluding hydrogens is 220 g/mol. The van der Waals surface area contributed by atoms with Gasteiger partial charge in [0.1, 0.15) is 5.82 Å². The van der Waals surface area contributed by atoms with Crippen LogP contribution in [0.2, 0.25) is 4.34 Å². The smallest absolute Gasteiger partial charge is 0.144 e. The molecule has 0 aliphatic rings. The third-order valence-corrected chi connectivity index (χ3v) is 3.12. The van der Waals surface area contributed by atoms with Crippen molar-refractivity contribution in [2.45, 2.75) is 6.54 Å². The van der Waals surface area contributed by atoms with Crippen molar-refractivity contribution >= 4 is 28.8 Å². The lowest BCUT2D eigenvalue weighted by atomic mass is 10.3. The van der Waals surface area contributed by atoms with Gasteiger partial charge in [-0.15, -0.1) is 16.4 Å². The number of hydrogen-bond acceptors (Lipinski definition) is 4. The van der Waals surface area contributed by atoms with Crippen LogP contribution in [0.15, 0.2) is 17.6 Å². The Morgan fingerprint density at radius 2 is 2.50 bits per heavy atom. The van der Waals surface area contributed by atoms with Gasteiger partial charge in [-0.2, -0.15) is 0 Å². The molecule has 0 aliphatic carbocycles. The average molecular weight is 229 g/mol. The van der Waals surface area contributed by atoms with Gasteiger partial charge in [-0.05, 0) is 11.4 Å². The van der Waals surface area contributed by atoms with Crippen LogP contribution in [0.3, 0.4) is 0 Å². The molecule has 2 heterocycles. The summed E-state index contributed by atoms with van der Waals surface area (Å²) in [6.07, 6.45) is 1.68. The minimum atomic E-state index is 0.698. The Kier molecular flexibility index (Phi) is 2.69. The van der Waals surface area contributed by atoms with Crippen molar-refractivity contribution < 1.29 is 0 Å². The molecule has 0 spiro atoms. The Balaban J connectivity index is 2.02. The van der Waals surface area contributed by atoms with E-state index in [4.69, 9.17) is 11.6 Å². The summed E-state index contributed by atoms with van der Waals surface area (Å²) in [5.74, 6) is 0.882. The van der Waals surface area contributed by atoms with E-state index >= 15 is 0 Å². The fraction of sp³-hybridized carbons (Fsp3) is 0.250. The summed E-state index contributed by atoms with van der Waals surface area (Å²) in [6.45, 7) is 0.698. The molecule has 0 unspecified atom stereocenters. The second kappa shape index (κ2) is 3.98. The number of nitrogens with one attached hydrogen (secondary N) is 1. The number of aryl methyl sites for hydroxylation is 1. The van der Waals surface area contributed by atoms with E-state index in [0.29, 0.717) is 6.54 Å². The number of thiophene rings is 1. The van der Waals surface area contributed by atoms with Gasteiger partial charge in [0.15, 0.2) is 0 Å². The topological polar surface area (TPSA) is 42.7 Å². The van der Waals surface area contributed by atoms with Crippen molar-refractivity contribution in [3.63, 3.8) is 0 Å². The van der Waals surface area contributed by atoms with Crippen molar-refractivity contribution in [2.75, 3.05) is 5.32 Å². The van der Waals surface area contributed by atoms with Crippen LogP contribution >= 0.6 is 22.9 Å². The van der Waals surface area contributed by atoms with Crippen molar-refractivity contribution in [2.24, 2.45) is 7.05 Å². The highest BCUT2D eigenvalue weighted by Crippen LogP contribution is 2.23. The molecule has 2 aromatic rings. The molecule has 0 fully saturated rings. The average Bonchev–Trinajstić information content (AvgIpc) is 2.72. The predicted molar refractivity (Wildman–Crippen MR) is 57.7 cm³/mol. The fourth-order valence-electron chi connectivity index (χ4n) is 1.08. The van der Waals surface area contributed by atoms with Gasteiger partial charge in [0.05, 0.1) is 10.5 Å². The number of aromatic nitrogens is 3. The Morgan fingerprint density at radius 3 is 3.07 bits per heavy atom. The molecule has 0 aromatic carbocycles. The lowest BCUT2D eigenvalue weighted by Crippen LogP contribution is -2.04. The van der Waals surface area contributed by atoms with Crippen LogP contribution in [0.5, 0.6) is 0 Å². The maximum atomic E-state index is 5.96. The minimum Gasteiger partial charge on any atom is -0.365 e. The number of nitrogens with zero attached hydrogens (tertiary/aromatic N) is 3. The van der Waals surface area contributed by atoms with E-state index in [1.165, 1.54) is 11.3 Å². The van der Waals surface area contributed by atoms with Crippen molar-refractivity contribution in [3.8, 4) is 0 Å². The maximum Gasteiger partial charge on any atom is 0.144 e. The number of halogens is 1. The van der Waals surface area contributed by atoms with Crippen molar-refractivity contribution in [3.05, 3.63) is 27.5 Å². The monoisotopic (exact) mass is 228 g/mol. The van der Waals surface area contributed by atoms with Crippen LogP contribution in [-0.2, 0) is 13.6 Å². The molecule has 4 nitrogen and oxygen atoms in total. The summed E-state index contributed by atoms with van der Waals surface area (Å²) in [5.41, 5.74) is 1.10. The Labute approximate surface area is 90.5 Å². The zero-order valence-electron chi connectivity index (χ0n) is 7.57. The molecule has 0 saturated carbocycles.